The van der Waals surface area contributed by atoms with E-state index < -0.39 is 0 Å². The van der Waals surface area contributed by atoms with Crippen LogP contribution in [0.4, 0.5) is 0 Å². The molecule has 1 fully saturated rings. The number of hydrogen-bond acceptors (Lipinski definition) is 1. The van der Waals surface area contributed by atoms with Gasteiger partial charge in [-0.15, -0.1) is 0 Å². The van der Waals surface area contributed by atoms with E-state index in [2.05, 4.69) is 72.8 Å². The number of carbonyl (C=O) groups is 1. The van der Waals surface area contributed by atoms with Crippen LogP contribution >= 0.6 is 0 Å². The van der Waals surface area contributed by atoms with E-state index in [1.807, 2.05) is 0 Å². The molecule has 1 amide bonds. The highest BCUT2D eigenvalue weighted by molar-refractivity contribution is 5.79. The number of hydrogen-bond donors (Lipinski definition) is 0. The second-order valence-corrected chi connectivity index (χ2v) is 8.01. The van der Waals surface area contributed by atoms with Crippen molar-refractivity contribution in [2.75, 3.05) is 0 Å². The molecular formula is C23H32N2O. The molecule has 0 bridgehead atoms. The third kappa shape index (κ3) is 4.57. The summed E-state index contributed by atoms with van der Waals surface area (Å²) in [5.41, 5.74) is 3.79. The van der Waals surface area contributed by atoms with Crippen molar-refractivity contribution in [3.8, 4) is 0 Å². The van der Waals surface area contributed by atoms with Crippen molar-refractivity contribution in [3.63, 3.8) is 0 Å². The molecule has 1 aliphatic rings. The topological polar surface area (TPSA) is 25.2 Å². The van der Waals surface area contributed by atoms with E-state index in [1.165, 1.54) is 36.1 Å². The Morgan fingerprint density at radius 1 is 1.12 bits per heavy atom. The third-order valence-corrected chi connectivity index (χ3v) is 5.59. The standard InChI is InChI=1S/C23H32N2O/c1-18(2)25(23(26)21-8-5-4-6-9-21)17-22-10-7-15-24(22)16-20-13-11-19(3)12-14-20/h7,10-15,18,21H,4-6,8-9,16-17H2,1-3H3. The highest BCUT2D eigenvalue weighted by atomic mass is 16.2. The number of aryl methyl sites for hydroxylation is 1. The summed E-state index contributed by atoms with van der Waals surface area (Å²) >= 11 is 0. The van der Waals surface area contributed by atoms with Gasteiger partial charge in [-0.25, -0.2) is 0 Å². The molecule has 1 aromatic carbocycles. The van der Waals surface area contributed by atoms with Crippen molar-refractivity contribution in [1.82, 2.24) is 9.47 Å². The molecule has 3 heteroatoms. The predicted molar refractivity (Wildman–Crippen MR) is 107 cm³/mol. The van der Waals surface area contributed by atoms with E-state index in [-0.39, 0.29) is 12.0 Å². The Kier molecular flexibility index (Phi) is 6.18. The number of rotatable bonds is 6. The van der Waals surface area contributed by atoms with Gasteiger partial charge in [0.1, 0.15) is 0 Å². The SMILES string of the molecule is Cc1ccc(Cn2cccc2CN(C(=O)C2CCCCC2)C(C)C)cc1. The van der Waals surface area contributed by atoms with Crippen molar-refractivity contribution >= 4 is 5.91 Å². The van der Waals surface area contributed by atoms with Crippen molar-refractivity contribution in [2.45, 2.75) is 72.0 Å². The first-order chi connectivity index (χ1) is 12.5. The summed E-state index contributed by atoms with van der Waals surface area (Å²) < 4.78 is 2.27. The van der Waals surface area contributed by atoms with Crippen LogP contribution in [0.3, 0.4) is 0 Å². The summed E-state index contributed by atoms with van der Waals surface area (Å²) in [5.74, 6) is 0.578. The number of nitrogens with zero attached hydrogens (tertiary/aromatic N) is 2. The molecule has 0 aliphatic heterocycles. The molecule has 3 rings (SSSR count). The van der Waals surface area contributed by atoms with Gasteiger partial charge >= 0.3 is 0 Å². The monoisotopic (exact) mass is 352 g/mol. The first kappa shape index (κ1) is 18.8. The Balaban J connectivity index is 1.72. The van der Waals surface area contributed by atoms with Crippen molar-refractivity contribution < 1.29 is 4.79 Å². The molecular weight excluding hydrogens is 320 g/mol. The van der Waals surface area contributed by atoms with Gasteiger partial charge in [-0.3, -0.25) is 4.79 Å². The van der Waals surface area contributed by atoms with Gasteiger partial charge in [-0.2, -0.15) is 0 Å². The molecule has 1 heterocycles. The van der Waals surface area contributed by atoms with Crippen LogP contribution in [0.1, 0.15) is 62.8 Å². The highest BCUT2D eigenvalue weighted by Crippen LogP contribution is 2.27. The molecule has 26 heavy (non-hydrogen) atoms. The van der Waals surface area contributed by atoms with Crippen molar-refractivity contribution in [3.05, 3.63) is 59.4 Å². The van der Waals surface area contributed by atoms with E-state index in [1.54, 1.807) is 0 Å². The van der Waals surface area contributed by atoms with Crippen LogP contribution in [0, 0.1) is 12.8 Å². The van der Waals surface area contributed by atoms with Gasteiger partial charge in [0.05, 0.1) is 6.54 Å². The maximum Gasteiger partial charge on any atom is 0.226 e. The van der Waals surface area contributed by atoms with Gasteiger partial charge in [0.15, 0.2) is 0 Å². The van der Waals surface area contributed by atoms with E-state index in [0.29, 0.717) is 12.5 Å². The molecule has 0 radical (unpaired) electrons. The second-order valence-electron chi connectivity index (χ2n) is 8.01. The fourth-order valence-electron chi connectivity index (χ4n) is 3.91. The van der Waals surface area contributed by atoms with Crippen molar-refractivity contribution in [2.24, 2.45) is 5.92 Å². The van der Waals surface area contributed by atoms with Gasteiger partial charge in [-0.05, 0) is 51.3 Å². The van der Waals surface area contributed by atoms with E-state index >= 15 is 0 Å². The van der Waals surface area contributed by atoms with Crippen LogP contribution in [-0.2, 0) is 17.9 Å². The zero-order valence-electron chi connectivity index (χ0n) is 16.4. The van der Waals surface area contributed by atoms with Gasteiger partial charge in [0, 0.05) is 30.4 Å². The van der Waals surface area contributed by atoms with E-state index in [4.69, 9.17) is 0 Å². The second kappa shape index (κ2) is 8.57. The van der Waals surface area contributed by atoms with Crippen molar-refractivity contribution in [1.29, 1.82) is 0 Å². The maximum absolute atomic E-state index is 13.1. The van der Waals surface area contributed by atoms with Crippen LogP contribution in [0.2, 0.25) is 0 Å². The Morgan fingerprint density at radius 3 is 2.46 bits per heavy atom. The quantitative estimate of drug-likeness (QED) is 0.705. The lowest BCUT2D eigenvalue weighted by Gasteiger charge is -2.32. The van der Waals surface area contributed by atoms with Crippen LogP contribution in [0.15, 0.2) is 42.6 Å². The zero-order chi connectivity index (χ0) is 18.5. The molecule has 1 saturated carbocycles. The summed E-state index contributed by atoms with van der Waals surface area (Å²) in [6.07, 6.45) is 7.93. The summed E-state index contributed by atoms with van der Waals surface area (Å²) in [6, 6.07) is 13.2. The lowest BCUT2D eigenvalue weighted by molar-refractivity contribution is -0.139. The highest BCUT2D eigenvalue weighted by Gasteiger charge is 2.28. The summed E-state index contributed by atoms with van der Waals surface area (Å²) in [6.45, 7) is 7.93. The normalized spacial score (nSPS) is 15.4. The lowest BCUT2D eigenvalue weighted by atomic mass is 9.88. The Morgan fingerprint density at radius 2 is 1.81 bits per heavy atom. The first-order valence-electron chi connectivity index (χ1n) is 10.0. The fraction of sp³-hybridized carbons (Fsp3) is 0.522. The van der Waals surface area contributed by atoms with Crippen LogP contribution in [0.25, 0.3) is 0 Å². The molecule has 1 aromatic heterocycles. The smallest absolute Gasteiger partial charge is 0.226 e. The summed E-state index contributed by atoms with van der Waals surface area (Å²) in [5, 5.41) is 0. The van der Waals surface area contributed by atoms with Gasteiger partial charge in [0.2, 0.25) is 5.91 Å². The molecule has 0 saturated heterocycles. The van der Waals surface area contributed by atoms with Gasteiger partial charge in [0.25, 0.3) is 0 Å². The molecule has 1 aliphatic carbocycles. The number of amides is 1. The average Bonchev–Trinajstić information content (AvgIpc) is 3.08. The van der Waals surface area contributed by atoms with E-state index in [0.717, 1.165) is 19.4 Å². The third-order valence-electron chi connectivity index (χ3n) is 5.59. The zero-order valence-corrected chi connectivity index (χ0v) is 16.4. The number of carbonyl (C=O) groups excluding carboxylic acids is 1. The summed E-state index contributed by atoms with van der Waals surface area (Å²) in [7, 11) is 0. The molecule has 0 spiro atoms. The van der Waals surface area contributed by atoms with Gasteiger partial charge < -0.3 is 9.47 Å². The average molecular weight is 353 g/mol. The molecule has 3 nitrogen and oxygen atoms in total. The maximum atomic E-state index is 13.1. The predicted octanol–water partition coefficient (Wildman–Crippen LogP) is 5.16. The molecule has 0 atom stereocenters. The Hall–Kier alpha value is -2.03. The molecule has 140 valence electrons. The fourth-order valence-corrected chi connectivity index (χ4v) is 3.91. The minimum absolute atomic E-state index is 0.228. The Bertz CT molecular complexity index is 708. The van der Waals surface area contributed by atoms with Crippen LogP contribution in [0.5, 0.6) is 0 Å². The number of benzene rings is 1. The number of aromatic nitrogens is 1. The Labute approximate surface area is 158 Å². The van der Waals surface area contributed by atoms with Gasteiger partial charge in [-0.1, -0.05) is 49.1 Å². The van der Waals surface area contributed by atoms with Crippen LogP contribution < -0.4 is 0 Å². The minimum Gasteiger partial charge on any atom is -0.345 e. The molecule has 2 aromatic rings. The first-order valence-corrected chi connectivity index (χ1v) is 10.0. The molecule has 0 N–H and O–H groups in total. The summed E-state index contributed by atoms with van der Waals surface area (Å²) in [4.78, 5) is 15.2. The largest absolute Gasteiger partial charge is 0.345 e. The van der Waals surface area contributed by atoms with E-state index in [9.17, 15) is 4.79 Å². The lowest BCUT2D eigenvalue weighted by Crippen LogP contribution is -2.41. The molecule has 0 unspecified atom stereocenters. The van der Waals surface area contributed by atoms with Crippen LogP contribution in [-0.4, -0.2) is 21.4 Å². The minimum atomic E-state index is 0.228.